The van der Waals surface area contributed by atoms with Gasteiger partial charge >= 0.3 is 5.97 Å². The van der Waals surface area contributed by atoms with Gasteiger partial charge in [0.05, 0.1) is 19.8 Å². The van der Waals surface area contributed by atoms with Crippen LogP contribution in [0.15, 0.2) is 12.2 Å². The summed E-state index contributed by atoms with van der Waals surface area (Å²) in [4.78, 5) is 11.1. The second kappa shape index (κ2) is 7.82. The van der Waals surface area contributed by atoms with Gasteiger partial charge in [-0.3, -0.25) is 0 Å². The summed E-state index contributed by atoms with van der Waals surface area (Å²) < 4.78 is 16.2. The van der Waals surface area contributed by atoms with Gasteiger partial charge in [0.1, 0.15) is 6.61 Å². The molecular formula is C14H28O4Si. The summed E-state index contributed by atoms with van der Waals surface area (Å²) in [6, 6.07) is 0. The molecule has 0 radical (unpaired) electrons. The number of carbonyl (C=O) groups excluding carboxylic acids is 1. The Bertz CT molecular complexity index is 305. The zero-order valence-corrected chi connectivity index (χ0v) is 14.2. The molecule has 0 N–H and O–H groups in total. The molecule has 0 aliphatic carbocycles. The van der Waals surface area contributed by atoms with Crippen LogP contribution in [-0.2, 0) is 18.7 Å². The first-order valence-electron chi connectivity index (χ1n) is 6.62. The monoisotopic (exact) mass is 288 g/mol. The summed E-state index contributed by atoms with van der Waals surface area (Å²) in [5.41, 5.74) is 0.404. The summed E-state index contributed by atoms with van der Waals surface area (Å²) in [7, 11) is -1.68. The lowest BCUT2D eigenvalue weighted by atomic mass is 10.2. The number of carbonyl (C=O) groups is 1. The van der Waals surface area contributed by atoms with Gasteiger partial charge in [-0.2, -0.15) is 0 Å². The average Bonchev–Trinajstić information content (AvgIpc) is 2.25. The largest absolute Gasteiger partial charge is 0.460 e. The van der Waals surface area contributed by atoms with Gasteiger partial charge in [-0.15, -0.1) is 0 Å². The van der Waals surface area contributed by atoms with E-state index >= 15 is 0 Å². The Balaban J connectivity index is 3.62. The van der Waals surface area contributed by atoms with Crippen molar-refractivity contribution in [3.05, 3.63) is 12.2 Å². The van der Waals surface area contributed by atoms with Crippen molar-refractivity contribution in [3.63, 3.8) is 0 Å². The van der Waals surface area contributed by atoms with E-state index in [2.05, 4.69) is 40.4 Å². The molecule has 0 aromatic rings. The van der Waals surface area contributed by atoms with Crippen molar-refractivity contribution in [1.29, 1.82) is 0 Å². The van der Waals surface area contributed by atoms with Gasteiger partial charge in [0, 0.05) is 5.57 Å². The van der Waals surface area contributed by atoms with Crippen LogP contribution in [0.25, 0.3) is 0 Å². The fraction of sp³-hybridized carbons (Fsp3) is 0.786. The van der Waals surface area contributed by atoms with Gasteiger partial charge < -0.3 is 13.9 Å². The van der Waals surface area contributed by atoms with Crippen molar-refractivity contribution < 1.29 is 18.7 Å². The standard InChI is InChI=1S/C14H28O4Si/c1-12(2)13(15)17-10-8-16-9-11-18-19(6,7)14(3,4)5/h1,8-11H2,2-7H3. The highest BCUT2D eigenvalue weighted by molar-refractivity contribution is 6.74. The molecule has 0 saturated carbocycles. The van der Waals surface area contributed by atoms with E-state index in [1.807, 2.05) is 0 Å². The molecule has 0 aliphatic heterocycles. The third-order valence-electron chi connectivity index (χ3n) is 3.31. The molecule has 19 heavy (non-hydrogen) atoms. The number of hydrogen-bond donors (Lipinski definition) is 0. The number of hydrogen-bond acceptors (Lipinski definition) is 4. The van der Waals surface area contributed by atoms with Crippen LogP contribution >= 0.6 is 0 Å². The first kappa shape index (κ1) is 18.3. The molecular weight excluding hydrogens is 260 g/mol. The molecule has 0 bridgehead atoms. The maximum absolute atomic E-state index is 11.1. The molecule has 112 valence electrons. The quantitative estimate of drug-likeness (QED) is 0.298. The molecule has 0 rings (SSSR count). The predicted molar refractivity (Wildman–Crippen MR) is 79.7 cm³/mol. The van der Waals surface area contributed by atoms with Crippen molar-refractivity contribution in [2.75, 3.05) is 26.4 Å². The average molecular weight is 288 g/mol. The minimum Gasteiger partial charge on any atom is -0.460 e. The van der Waals surface area contributed by atoms with E-state index in [0.29, 0.717) is 25.4 Å². The van der Waals surface area contributed by atoms with Gasteiger partial charge in [0.15, 0.2) is 8.32 Å². The Morgan fingerprint density at radius 2 is 1.63 bits per heavy atom. The summed E-state index contributed by atoms with van der Waals surface area (Å²) in [6.45, 7) is 17.9. The summed E-state index contributed by atoms with van der Waals surface area (Å²) in [5, 5.41) is 0.212. The van der Waals surface area contributed by atoms with E-state index in [0.717, 1.165) is 0 Å². The molecule has 5 heteroatoms. The van der Waals surface area contributed by atoms with E-state index in [4.69, 9.17) is 13.9 Å². The molecule has 0 spiro atoms. The van der Waals surface area contributed by atoms with E-state index < -0.39 is 8.32 Å². The molecule has 0 heterocycles. The fourth-order valence-corrected chi connectivity index (χ4v) is 2.02. The number of esters is 1. The molecule has 0 aromatic heterocycles. The molecule has 0 atom stereocenters. The summed E-state index contributed by atoms with van der Waals surface area (Å²) in [5.74, 6) is -0.374. The van der Waals surface area contributed by atoms with Crippen molar-refractivity contribution in [2.45, 2.75) is 45.8 Å². The highest BCUT2D eigenvalue weighted by Gasteiger charge is 2.36. The van der Waals surface area contributed by atoms with Crippen LogP contribution in [0, 0.1) is 0 Å². The van der Waals surface area contributed by atoms with Crippen LogP contribution in [0.4, 0.5) is 0 Å². The van der Waals surface area contributed by atoms with Crippen molar-refractivity contribution in [1.82, 2.24) is 0 Å². The molecule has 0 amide bonds. The number of rotatable bonds is 8. The lowest BCUT2D eigenvalue weighted by Crippen LogP contribution is -2.41. The van der Waals surface area contributed by atoms with E-state index in [9.17, 15) is 4.79 Å². The van der Waals surface area contributed by atoms with Gasteiger partial charge in [-0.05, 0) is 25.1 Å². The SMILES string of the molecule is C=C(C)C(=O)OCCOCCO[Si](C)(C)C(C)(C)C. The topological polar surface area (TPSA) is 44.8 Å². The maximum Gasteiger partial charge on any atom is 0.333 e. The first-order valence-corrected chi connectivity index (χ1v) is 9.53. The van der Waals surface area contributed by atoms with Crippen LogP contribution in [-0.4, -0.2) is 40.7 Å². The Morgan fingerprint density at radius 1 is 1.11 bits per heavy atom. The van der Waals surface area contributed by atoms with Crippen LogP contribution in [0.2, 0.25) is 18.1 Å². The van der Waals surface area contributed by atoms with Crippen LogP contribution in [0.1, 0.15) is 27.7 Å². The second-order valence-electron chi connectivity index (χ2n) is 6.14. The zero-order chi connectivity index (χ0) is 15.1. The van der Waals surface area contributed by atoms with Gasteiger partial charge in [-0.1, -0.05) is 27.4 Å². The van der Waals surface area contributed by atoms with Gasteiger partial charge in [0.2, 0.25) is 0 Å². The van der Waals surface area contributed by atoms with E-state index in [-0.39, 0.29) is 17.6 Å². The van der Waals surface area contributed by atoms with Crippen molar-refractivity contribution in [2.24, 2.45) is 0 Å². The Morgan fingerprint density at radius 3 is 2.11 bits per heavy atom. The first-order chi connectivity index (χ1) is 8.58. The van der Waals surface area contributed by atoms with Crippen molar-refractivity contribution >= 4 is 14.3 Å². The van der Waals surface area contributed by atoms with Crippen LogP contribution in [0.3, 0.4) is 0 Å². The van der Waals surface area contributed by atoms with Crippen LogP contribution < -0.4 is 0 Å². The minimum atomic E-state index is -1.68. The number of ether oxygens (including phenoxy) is 2. The lowest BCUT2D eigenvalue weighted by molar-refractivity contribution is -0.140. The highest BCUT2D eigenvalue weighted by Crippen LogP contribution is 2.36. The minimum absolute atomic E-state index is 0.212. The maximum atomic E-state index is 11.1. The highest BCUT2D eigenvalue weighted by atomic mass is 28.4. The summed E-state index contributed by atoms with van der Waals surface area (Å²) in [6.07, 6.45) is 0. The van der Waals surface area contributed by atoms with Gasteiger partial charge in [-0.25, -0.2) is 4.79 Å². The smallest absolute Gasteiger partial charge is 0.333 e. The normalized spacial score (nSPS) is 12.3. The molecule has 0 fully saturated rings. The zero-order valence-electron chi connectivity index (χ0n) is 13.2. The summed E-state index contributed by atoms with van der Waals surface area (Å²) >= 11 is 0. The molecule has 0 aromatic carbocycles. The lowest BCUT2D eigenvalue weighted by Gasteiger charge is -2.36. The van der Waals surface area contributed by atoms with Crippen molar-refractivity contribution in [3.8, 4) is 0 Å². The molecule has 0 saturated heterocycles. The Labute approximate surface area is 118 Å². The molecule has 4 nitrogen and oxygen atoms in total. The van der Waals surface area contributed by atoms with E-state index in [1.54, 1.807) is 6.92 Å². The van der Waals surface area contributed by atoms with Gasteiger partial charge in [0.25, 0.3) is 0 Å². The fourth-order valence-electron chi connectivity index (χ4n) is 0.991. The van der Waals surface area contributed by atoms with Crippen LogP contribution in [0.5, 0.6) is 0 Å². The molecule has 0 unspecified atom stereocenters. The Kier molecular flexibility index (Phi) is 7.55. The van der Waals surface area contributed by atoms with E-state index in [1.165, 1.54) is 0 Å². The third kappa shape index (κ3) is 7.50. The third-order valence-corrected chi connectivity index (χ3v) is 7.84. The predicted octanol–water partition coefficient (Wildman–Crippen LogP) is 3.14. The second-order valence-corrected chi connectivity index (χ2v) is 10.9. The Hall–Kier alpha value is -0.653. The molecule has 0 aliphatic rings.